The van der Waals surface area contributed by atoms with Crippen LogP contribution in [0.4, 0.5) is 0 Å². The summed E-state index contributed by atoms with van der Waals surface area (Å²) in [5.74, 6) is -0.962. The highest BCUT2D eigenvalue weighted by Gasteiger charge is 2.04. The van der Waals surface area contributed by atoms with Gasteiger partial charge in [-0.2, -0.15) is 0 Å². The number of carboxylic acid groups (broad SMARTS) is 1. The molecule has 17 heavy (non-hydrogen) atoms. The zero-order valence-corrected chi connectivity index (χ0v) is 11.1. The molecule has 0 aliphatic heterocycles. The molecule has 1 unspecified atom stereocenters. The SMILES string of the molecule is CCCCCCCCCOC(C)OCC(=O)O. The Morgan fingerprint density at radius 3 is 2.24 bits per heavy atom. The maximum Gasteiger partial charge on any atom is 0.329 e. The van der Waals surface area contributed by atoms with Gasteiger partial charge in [0.2, 0.25) is 0 Å². The van der Waals surface area contributed by atoms with Crippen LogP contribution >= 0.6 is 0 Å². The molecule has 0 fully saturated rings. The van der Waals surface area contributed by atoms with E-state index in [-0.39, 0.29) is 6.61 Å². The van der Waals surface area contributed by atoms with Crippen LogP contribution in [0, 0.1) is 0 Å². The number of rotatable bonds is 12. The Balaban J connectivity index is 3.13. The molecule has 0 aromatic rings. The highest BCUT2D eigenvalue weighted by molar-refractivity contribution is 5.67. The fraction of sp³-hybridized carbons (Fsp3) is 0.923. The zero-order valence-electron chi connectivity index (χ0n) is 11.1. The largest absolute Gasteiger partial charge is 0.480 e. The molecule has 0 heterocycles. The van der Waals surface area contributed by atoms with E-state index in [4.69, 9.17) is 14.6 Å². The van der Waals surface area contributed by atoms with Crippen molar-refractivity contribution in [3.05, 3.63) is 0 Å². The van der Waals surface area contributed by atoms with Crippen molar-refractivity contribution in [1.29, 1.82) is 0 Å². The van der Waals surface area contributed by atoms with E-state index in [9.17, 15) is 4.79 Å². The van der Waals surface area contributed by atoms with E-state index in [0.29, 0.717) is 6.61 Å². The normalized spacial score (nSPS) is 12.6. The lowest BCUT2D eigenvalue weighted by Gasteiger charge is -2.12. The van der Waals surface area contributed by atoms with Crippen LogP contribution in [0.3, 0.4) is 0 Å². The number of ether oxygens (including phenoxy) is 2. The molecule has 0 aromatic heterocycles. The van der Waals surface area contributed by atoms with Gasteiger partial charge in [0.05, 0.1) is 0 Å². The summed E-state index contributed by atoms with van der Waals surface area (Å²) >= 11 is 0. The Bertz CT molecular complexity index is 182. The Hall–Kier alpha value is -0.610. The molecule has 1 N–H and O–H groups in total. The van der Waals surface area contributed by atoms with Crippen molar-refractivity contribution in [1.82, 2.24) is 0 Å². The first-order valence-electron chi connectivity index (χ1n) is 6.61. The molecule has 4 heteroatoms. The van der Waals surface area contributed by atoms with Crippen molar-refractivity contribution in [3.8, 4) is 0 Å². The molecule has 1 atom stereocenters. The monoisotopic (exact) mass is 246 g/mol. The predicted octanol–water partition coefficient (Wildman–Crippen LogP) is 3.20. The molecule has 0 spiro atoms. The number of hydrogen-bond acceptors (Lipinski definition) is 3. The minimum atomic E-state index is -0.962. The van der Waals surface area contributed by atoms with Crippen molar-refractivity contribution < 1.29 is 19.4 Å². The summed E-state index contributed by atoms with van der Waals surface area (Å²) < 4.78 is 10.3. The van der Waals surface area contributed by atoms with Gasteiger partial charge in [-0.1, -0.05) is 45.4 Å². The third-order valence-corrected chi connectivity index (χ3v) is 2.54. The van der Waals surface area contributed by atoms with Gasteiger partial charge < -0.3 is 14.6 Å². The number of hydrogen-bond donors (Lipinski definition) is 1. The second-order valence-electron chi connectivity index (χ2n) is 4.26. The molecular weight excluding hydrogens is 220 g/mol. The highest BCUT2D eigenvalue weighted by atomic mass is 16.7. The fourth-order valence-corrected chi connectivity index (χ4v) is 1.55. The number of carboxylic acids is 1. The Morgan fingerprint density at radius 1 is 1.06 bits per heavy atom. The first-order valence-corrected chi connectivity index (χ1v) is 6.61. The zero-order chi connectivity index (χ0) is 12.9. The van der Waals surface area contributed by atoms with Gasteiger partial charge in [-0.25, -0.2) is 4.79 Å². The van der Waals surface area contributed by atoms with Crippen LogP contribution in [-0.4, -0.2) is 30.6 Å². The molecule has 0 aromatic carbocycles. The standard InChI is InChI=1S/C13H26O4/c1-3-4-5-6-7-8-9-10-16-12(2)17-11-13(14)15/h12H,3-11H2,1-2H3,(H,14,15). The van der Waals surface area contributed by atoms with Gasteiger partial charge in [-0.05, 0) is 13.3 Å². The minimum absolute atomic E-state index is 0.293. The fourth-order valence-electron chi connectivity index (χ4n) is 1.55. The maximum absolute atomic E-state index is 10.2. The van der Waals surface area contributed by atoms with Gasteiger partial charge >= 0.3 is 5.97 Å². The predicted molar refractivity (Wildman–Crippen MR) is 67.0 cm³/mol. The lowest BCUT2D eigenvalue weighted by Crippen LogP contribution is -2.18. The average molecular weight is 246 g/mol. The molecule has 0 rings (SSSR count). The van der Waals surface area contributed by atoms with Gasteiger partial charge in [-0.15, -0.1) is 0 Å². The van der Waals surface area contributed by atoms with Crippen LogP contribution in [-0.2, 0) is 14.3 Å². The van der Waals surface area contributed by atoms with Gasteiger partial charge in [0, 0.05) is 6.61 Å². The van der Waals surface area contributed by atoms with Gasteiger partial charge in [-0.3, -0.25) is 0 Å². The Morgan fingerprint density at radius 2 is 1.65 bits per heavy atom. The van der Waals surface area contributed by atoms with Crippen LogP contribution < -0.4 is 0 Å². The summed E-state index contributed by atoms with van der Waals surface area (Å²) in [7, 11) is 0. The molecule has 102 valence electrons. The third kappa shape index (κ3) is 13.3. The molecule has 0 bridgehead atoms. The Labute approximate surface area is 104 Å². The topological polar surface area (TPSA) is 55.8 Å². The van der Waals surface area contributed by atoms with Crippen molar-refractivity contribution >= 4 is 5.97 Å². The molecule has 0 radical (unpaired) electrons. The summed E-state index contributed by atoms with van der Waals surface area (Å²) in [4.78, 5) is 10.2. The maximum atomic E-state index is 10.2. The first-order chi connectivity index (χ1) is 8.16. The quantitative estimate of drug-likeness (QED) is 0.424. The van der Waals surface area contributed by atoms with Crippen molar-refractivity contribution in [2.45, 2.75) is 65.1 Å². The van der Waals surface area contributed by atoms with Crippen molar-refractivity contribution in [2.75, 3.05) is 13.2 Å². The molecule has 0 saturated carbocycles. The third-order valence-electron chi connectivity index (χ3n) is 2.54. The minimum Gasteiger partial charge on any atom is -0.480 e. The molecule has 0 aliphatic carbocycles. The van der Waals surface area contributed by atoms with Gasteiger partial charge in [0.1, 0.15) is 6.61 Å². The first kappa shape index (κ1) is 16.4. The average Bonchev–Trinajstić information content (AvgIpc) is 2.30. The van der Waals surface area contributed by atoms with E-state index < -0.39 is 12.3 Å². The molecule has 0 amide bonds. The smallest absolute Gasteiger partial charge is 0.329 e. The van der Waals surface area contributed by atoms with Crippen molar-refractivity contribution in [2.24, 2.45) is 0 Å². The highest BCUT2D eigenvalue weighted by Crippen LogP contribution is 2.07. The summed E-state index contributed by atoms with van der Waals surface area (Å²) in [6, 6.07) is 0. The summed E-state index contributed by atoms with van der Waals surface area (Å²) in [5, 5.41) is 8.39. The lowest BCUT2D eigenvalue weighted by atomic mass is 10.1. The number of unbranched alkanes of at least 4 members (excludes halogenated alkanes) is 6. The van der Waals surface area contributed by atoms with E-state index in [1.165, 1.54) is 38.5 Å². The Kier molecular flexibility index (Phi) is 11.4. The van der Waals surface area contributed by atoms with Crippen LogP contribution in [0.25, 0.3) is 0 Å². The van der Waals surface area contributed by atoms with E-state index in [1.807, 2.05) is 0 Å². The van der Waals surface area contributed by atoms with E-state index >= 15 is 0 Å². The van der Waals surface area contributed by atoms with Crippen LogP contribution in [0.1, 0.15) is 58.8 Å². The number of aliphatic carboxylic acids is 1. The molecule has 0 saturated heterocycles. The van der Waals surface area contributed by atoms with Gasteiger partial charge in [0.15, 0.2) is 6.29 Å². The summed E-state index contributed by atoms with van der Waals surface area (Å²) in [5.41, 5.74) is 0. The second-order valence-corrected chi connectivity index (χ2v) is 4.26. The summed E-state index contributed by atoms with van der Waals surface area (Å²) in [6.45, 7) is 4.29. The van der Waals surface area contributed by atoms with E-state index in [1.54, 1.807) is 6.92 Å². The lowest BCUT2D eigenvalue weighted by molar-refractivity contribution is -0.163. The molecule has 0 aliphatic rings. The van der Waals surface area contributed by atoms with E-state index in [2.05, 4.69) is 6.92 Å². The number of carbonyl (C=O) groups is 1. The molecular formula is C13H26O4. The second kappa shape index (κ2) is 11.9. The summed E-state index contributed by atoms with van der Waals surface area (Å²) in [6.07, 6.45) is 8.27. The van der Waals surface area contributed by atoms with Crippen LogP contribution in [0.5, 0.6) is 0 Å². The van der Waals surface area contributed by atoms with Crippen LogP contribution in [0.2, 0.25) is 0 Å². The van der Waals surface area contributed by atoms with Crippen LogP contribution in [0.15, 0.2) is 0 Å². The van der Waals surface area contributed by atoms with Crippen molar-refractivity contribution in [3.63, 3.8) is 0 Å². The van der Waals surface area contributed by atoms with E-state index in [0.717, 1.165) is 6.42 Å². The van der Waals surface area contributed by atoms with Gasteiger partial charge in [0.25, 0.3) is 0 Å². The molecule has 4 nitrogen and oxygen atoms in total.